The fraction of sp³-hybridized carbons (Fsp3) is 0.811. The summed E-state index contributed by atoms with van der Waals surface area (Å²) in [4.78, 5) is 35.5. The summed E-state index contributed by atoms with van der Waals surface area (Å²) in [6.07, 6.45) is 54.5. The van der Waals surface area contributed by atoms with Crippen molar-refractivity contribution in [2.45, 2.75) is 232 Å². The Morgan fingerprint density at radius 1 is 0.492 bits per heavy atom. The molecule has 0 spiro atoms. The molecule has 0 amide bonds. The van der Waals surface area contributed by atoms with Crippen LogP contribution in [0.2, 0.25) is 0 Å². The third kappa shape index (κ3) is 49.2. The van der Waals surface area contributed by atoms with E-state index in [0.29, 0.717) is 17.4 Å². The zero-order valence-electron chi connectivity index (χ0n) is 41.6. The normalized spacial score (nSPS) is 13.8. The van der Waals surface area contributed by atoms with E-state index in [1.54, 1.807) is 0 Å². The molecule has 0 aromatic rings. The van der Waals surface area contributed by atoms with Gasteiger partial charge in [0.2, 0.25) is 0 Å². The minimum absolute atomic E-state index is 0.0286. The number of nitrogens with zero attached hydrogens (tertiary/aromatic N) is 1. The van der Waals surface area contributed by atoms with Crippen LogP contribution in [0.25, 0.3) is 0 Å². The van der Waals surface area contributed by atoms with Crippen LogP contribution in [0.15, 0.2) is 48.6 Å². The number of ether oxygens (including phenoxy) is 2. The lowest BCUT2D eigenvalue weighted by atomic mass is 10.0. The number of carbonyl (C=O) groups is 2. The van der Waals surface area contributed by atoms with E-state index in [1.165, 1.54) is 128 Å². The van der Waals surface area contributed by atoms with Crippen LogP contribution < -0.4 is 0 Å². The minimum Gasteiger partial charge on any atom is -0.462 e. The Hall–Kier alpha value is -2.03. The number of rotatable bonds is 47. The van der Waals surface area contributed by atoms with Gasteiger partial charge in [-0.25, -0.2) is 4.57 Å². The summed E-state index contributed by atoms with van der Waals surface area (Å²) in [5, 5.41) is 0. The number of hydrogen-bond acceptors (Lipinski definition) is 7. The Balaban J connectivity index is 4.20. The van der Waals surface area contributed by atoms with Crippen LogP contribution >= 0.6 is 7.82 Å². The first-order valence-electron chi connectivity index (χ1n) is 25.9. The third-order valence-corrected chi connectivity index (χ3v) is 12.1. The number of allylic oxidation sites excluding steroid dienone is 8. The molecule has 0 rings (SSSR count). The van der Waals surface area contributed by atoms with E-state index in [0.717, 1.165) is 64.2 Å². The average molecular weight is 909 g/mol. The van der Waals surface area contributed by atoms with Gasteiger partial charge < -0.3 is 18.9 Å². The van der Waals surface area contributed by atoms with Crippen LogP contribution in [0.1, 0.15) is 226 Å². The maximum Gasteiger partial charge on any atom is 0.472 e. The quantitative estimate of drug-likeness (QED) is 0.0211. The predicted octanol–water partition coefficient (Wildman–Crippen LogP) is 15.4. The largest absolute Gasteiger partial charge is 0.472 e. The molecule has 0 aliphatic rings. The maximum absolute atomic E-state index is 12.8. The molecule has 0 aromatic heterocycles. The van der Waals surface area contributed by atoms with Crippen molar-refractivity contribution in [3.8, 4) is 0 Å². The molecular weight excluding hydrogens is 810 g/mol. The highest BCUT2D eigenvalue weighted by Crippen LogP contribution is 2.43. The van der Waals surface area contributed by atoms with Gasteiger partial charge in [0.1, 0.15) is 19.8 Å². The summed E-state index contributed by atoms with van der Waals surface area (Å²) < 4.78 is 34.4. The second-order valence-electron chi connectivity index (χ2n) is 18.5. The summed E-state index contributed by atoms with van der Waals surface area (Å²) in [5.41, 5.74) is 0. The van der Waals surface area contributed by atoms with E-state index in [2.05, 4.69) is 62.5 Å². The molecule has 0 radical (unpaired) electrons. The lowest BCUT2D eigenvalue weighted by Crippen LogP contribution is -2.37. The highest BCUT2D eigenvalue weighted by atomic mass is 31.2. The molecule has 0 aliphatic heterocycles. The van der Waals surface area contributed by atoms with Gasteiger partial charge in [0, 0.05) is 12.8 Å². The summed E-state index contributed by atoms with van der Waals surface area (Å²) in [7, 11) is 1.47. The van der Waals surface area contributed by atoms with E-state index in [1.807, 2.05) is 21.1 Å². The van der Waals surface area contributed by atoms with Gasteiger partial charge in [-0.15, -0.1) is 0 Å². The molecule has 9 nitrogen and oxygen atoms in total. The van der Waals surface area contributed by atoms with Gasteiger partial charge in [0.25, 0.3) is 0 Å². The number of quaternary nitrogens is 1. The van der Waals surface area contributed by atoms with Crippen molar-refractivity contribution in [2.75, 3.05) is 47.5 Å². The Bertz CT molecular complexity index is 1210. The maximum atomic E-state index is 12.8. The van der Waals surface area contributed by atoms with Crippen molar-refractivity contribution >= 4 is 19.8 Å². The van der Waals surface area contributed by atoms with Crippen LogP contribution in [0.5, 0.6) is 0 Å². The van der Waals surface area contributed by atoms with Crippen molar-refractivity contribution in [2.24, 2.45) is 0 Å². The van der Waals surface area contributed by atoms with E-state index in [-0.39, 0.29) is 32.0 Å². The Labute approximate surface area is 388 Å². The Kier molecular flexibility index (Phi) is 43.7. The summed E-state index contributed by atoms with van der Waals surface area (Å²) in [6.45, 7) is 4.37. The fourth-order valence-electron chi connectivity index (χ4n) is 7.00. The van der Waals surface area contributed by atoms with Crippen molar-refractivity contribution in [3.63, 3.8) is 0 Å². The lowest BCUT2D eigenvalue weighted by Gasteiger charge is -2.24. The standard InChI is InChI=1S/C53H98NO8P/c1-6-8-10-12-14-16-18-20-22-23-24-25-26-27-28-29-30-31-32-34-36-38-40-42-44-46-53(56)62-51(50-61-63(57,58)60-48-47-54(3,4)5)49-59-52(55)45-43-41-39-37-35-33-21-19-17-15-13-11-9-7-2/h13,15,18-21,23-24,51H,6-12,14,16-17,22,25-50H2,1-5H3/p+1/b15-13-,20-18-,21-19-,24-23-. The zero-order chi connectivity index (χ0) is 46.4. The summed E-state index contributed by atoms with van der Waals surface area (Å²) >= 11 is 0. The van der Waals surface area contributed by atoms with Gasteiger partial charge in [-0.2, -0.15) is 0 Å². The van der Waals surface area contributed by atoms with Gasteiger partial charge >= 0.3 is 19.8 Å². The summed E-state index contributed by atoms with van der Waals surface area (Å²) in [5.74, 6) is -0.812. The summed E-state index contributed by atoms with van der Waals surface area (Å²) in [6, 6.07) is 0. The first-order chi connectivity index (χ1) is 30.5. The molecule has 368 valence electrons. The number of phosphoric ester groups is 1. The van der Waals surface area contributed by atoms with Crippen LogP contribution in [0.3, 0.4) is 0 Å². The second-order valence-corrected chi connectivity index (χ2v) is 20.0. The number of esters is 2. The van der Waals surface area contributed by atoms with Crippen molar-refractivity contribution < 1.29 is 42.1 Å². The second kappa shape index (κ2) is 45.1. The van der Waals surface area contributed by atoms with E-state index in [4.69, 9.17) is 18.5 Å². The molecule has 0 aromatic carbocycles. The van der Waals surface area contributed by atoms with Crippen molar-refractivity contribution in [3.05, 3.63) is 48.6 Å². The van der Waals surface area contributed by atoms with Gasteiger partial charge in [-0.3, -0.25) is 18.6 Å². The predicted molar refractivity (Wildman–Crippen MR) is 266 cm³/mol. The zero-order valence-corrected chi connectivity index (χ0v) is 42.5. The molecule has 0 heterocycles. The number of likely N-dealkylation sites (N-methyl/N-ethyl adjacent to an activating group) is 1. The Morgan fingerprint density at radius 2 is 0.873 bits per heavy atom. The number of carbonyl (C=O) groups excluding carboxylic acids is 2. The molecule has 0 saturated carbocycles. The lowest BCUT2D eigenvalue weighted by molar-refractivity contribution is -0.870. The first kappa shape index (κ1) is 61.0. The van der Waals surface area contributed by atoms with Crippen molar-refractivity contribution in [1.82, 2.24) is 0 Å². The van der Waals surface area contributed by atoms with E-state index in [9.17, 15) is 19.0 Å². The molecule has 0 saturated heterocycles. The molecule has 0 fully saturated rings. The topological polar surface area (TPSA) is 108 Å². The number of unbranched alkanes of at least 4 members (excludes halogenated alkanes) is 25. The van der Waals surface area contributed by atoms with Gasteiger partial charge in [-0.1, -0.05) is 191 Å². The molecule has 2 unspecified atom stereocenters. The Morgan fingerprint density at radius 3 is 1.30 bits per heavy atom. The van der Waals surface area contributed by atoms with Crippen LogP contribution in [0.4, 0.5) is 0 Å². The molecule has 10 heteroatoms. The number of hydrogen-bond donors (Lipinski definition) is 1. The highest BCUT2D eigenvalue weighted by Gasteiger charge is 2.27. The molecule has 1 N–H and O–H groups in total. The SMILES string of the molecule is CCCC/C=C\C/C=C\CCCCCCCC(=O)OCC(COP(=O)(O)OCC[N+](C)(C)C)OC(=O)CCCCCCCCCCCCCCC/C=C\C/C=C\CCCCCCC. The molecule has 0 bridgehead atoms. The van der Waals surface area contributed by atoms with Crippen LogP contribution in [0, 0.1) is 0 Å². The van der Waals surface area contributed by atoms with Crippen LogP contribution in [-0.4, -0.2) is 74.9 Å². The monoisotopic (exact) mass is 909 g/mol. The fourth-order valence-corrected chi connectivity index (χ4v) is 7.74. The van der Waals surface area contributed by atoms with Gasteiger partial charge in [-0.05, 0) is 70.6 Å². The molecule has 2 atom stereocenters. The first-order valence-corrected chi connectivity index (χ1v) is 27.4. The molecular formula is C53H99NO8P+. The van der Waals surface area contributed by atoms with Gasteiger partial charge in [0.05, 0.1) is 27.7 Å². The average Bonchev–Trinajstić information content (AvgIpc) is 3.24. The molecule has 0 aliphatic carbocycles. The van der Waals surface area contributed by atoms with Crippen molar-refractivity contribution in [1.29, 1.82) is 0 Å². The third-order valence-electron chi connectivity index (χ3n) is 11.1. The molecule has 63 heavy (non-hydrogen) atoms. The smallest absolute Gasteiger partial charge is 0.462 e. The van der Waals surface area contributed by atoms with Crippen LogP contribution in [-0.2, 0) is 32.7 Å². The minimum atomic E-state index is -4.38. The highest BCUT2D eigenvalue weighted by molar-refractivity contribution is 7.47. The van der Waals surface area contributed by atoms with E-state index < -0.39 is 26.5 Å². The van der Waals surface area contributed by atoms with Gasteiger partial charge in [0.15, 0.2) is 6.10 Å². The van der Waals surface area contributed by atoms with E-state index >= 15 is 0 Å². The number of phosphoric acid groups is 1.